The predicted octanol–water partition coefficient (Wildman–Crippen LogP) is 2.02. The van der Waals surface area contributed by atoms with Crippen LogP contribution in [-0.4, -0.2) is 35.2 Å². The molecule has 1 aromatic heterocycles. The molecular weight excluding hydrogens is 259 g/mol. The molecular formula is C12H18F3N3O. The van der Waals surface area contributed by atoms with E-state index in [2.05, 4.69) is 15.2 Å². The summed E-state index contributed by atoms with van der Waals surface area (Å²) >= 11 is 0. The van der Waals surface area contributed by atoms with Crippen molar-refractivity contribution in [2.45, 2.75) is 45.1 Å². The Morgan fingerprint density at radius 3 is 2.84 bits per heavy atom. The smallest absolute Gasteiger partial charge is 0.370 e. The Labute approximate surface area is 109 Å². The molecule has 0 amide bonds. The fourth-order valence-corrected chi connectivity index (χ4v) is 1.73. The Bertz CT molecular complexity index is 413. The third-order valence-corrected chi connectivity index (χ3v) is 2.94. The summed E-state index contributed by atoms with van der Waals surface area (Å²) < 4.78 is 41.8. The van der Waals surface area contributed by atoms with Gasteiger partial charge in [-0.3, -0.25) is 4.68 Å². The highest BCUT2D eigenvalue weighted by molar-refractivity contribution is 5.15. The Morgan fingerprint density at radius 1 is 1.47 bits per heavy atom. The minimum absolute atomic E-state index is 0.0100. The van der Waals surface area contributed by atoms with E-state index in [1.807, 2.05) is 13.1 Å². The van der Waals surface area contributed by atoms with E-state index in [4.69, 9.17) is 0 Å². The first-order valence-corrected chi connectivity index (χ1v) is 6.35. The molecule has 0 spiro atoms. The quantitative estimate of drug-likeness (QED) is 0.775. The zero-order chi connectivity index (χ0) is 13.9. The van der Waals surface area contributed by atoms with E-state index in [1.54, 1.807) is 4.68 Å². The second-order valence-electron chi connectivity index (χ2n) is 4.83. The van der Waals surface area contributed by atoms with Gasteiger partial charge >= 0.3 is 6.18 Å². The fraction of sp³-hybridized carbons (Fsp3) is 0.750. The first-order chi connectivity index (χ1) is 8.94. The fourth-order valence-electron chi connectivity index (χ4n) is 1.73. The molecule has 2 rings (SSSR count). The van der Waals surface area contributed by atoms with Crippen LogP contribution in [-0.2, 0) is 17.8 Å². The molecule has 0 atom stereocenters. The summed E-state index contributed by atoms with van der Waals surface area (Å²) in [6.45, 7) is 1.80. The van der Waals surface area contributed by atoms with Gasteiger partial charge in [0.15, 0.2) is 0 Å². The van der Waals surface area contributed by atoms with Gasteiger partial charge in [-0.05, 0) is 19.8 Å². The normalized spacial score (nSPS) is 16.0. The maximum atomic E-state index is 11.9. The van der Waals surface area contributed by atoms with Gasteiger partial charge in [-0.25, -0.2) is 0 Å². The number of ether oxygens (including phenoxy) is 1. The first-order valence-electron chi connectivity index (χ1n) is 6.35. The molecule has 1 fully saturated rings. The molecule has 1 N–H and O–H groups in total. The van der Waals surface area contributed by atoms with Crippen molar-refractivity contribution in [2.75, 3.05) is 13.2 Å². The summed E-state index contributed by atoms with van der Waals surface area (Å²) in [6, 6.07) is 0.623. The zero-order valence-electron chi connectivity index (χ0n) is 10.8. The molecule has 0 aliphatic heterocycles. The van der Waals surface area contributed by atoms with Crippen LogP contribution in [0.3, 0.4) is 0 Å². The largest absolute Gasteiger partial charge is 0.411 e. The monoisotopic (exact) mass is 277 g/mol. The van der Waals surface area contributed by atoms with Crippen molar-refractivity contribution in [3.63, 3.8) is 0 Å². The second-order valence-corrected chi connectivity index (χ2v) is 4.83. The summed E-state index contributed by atoms with van der Waals surface area (Å²) in [7, 11) is 0. The van der Waals surface area contributed by atoms with Gasteiger partial charge in [0, 0.05) is 24.3 Å². The molecule has 1 aliphatic carbocycles. The molecule has 4 nitrogen and oxygen atoms in total. The van der Waals surface area contributed by atoms with Crippen LogP contribution in [0.1, 0.15) is 24.1 Å². The Balaban J connectivity index is 1.72. The summed E-state index contributed by atoms with van der Waals surface area (Å²) in [5, 5.41) is 7.64. The van der Waals surface area contributed by atoms with Crippen LogP contribution >= 0.6 is 0 Å². The summed E-state index contributed by atoms with van der Waals surface area (Å²) in [6.07, 6.45) is 0.0397. The van der Waals surface area contributed by atoms with Gasteiger partial charge in [-0.15, -0.1) is 0 Å². The molecule has 0 bridgehead atoms. The van der Waals surface area contributed by atoms with Gasteiger partial charge in [-0.2, -0.15) is 18.3 Å². The third kappa shape index (κ3) is 5.20. The summed E-state index contributed by atoms with van der Waals surface area (Å²) in [4.78, 5) is 0. The van der Waals surface area contributed by atoms with Crippen molar-refractivity contribution in [1.29, 1.82) is 0 Å². The van der Waals surface area contributed by atoms with Gasteiger partial charge in [0.1, 0.15) is 6.61 Å². The van der Waals surface area contributed by atoms with Gasteiger partial charge in [0.25, 0.3) is 0 Å². The van der Waals surface area contributed by atoms with Crippen molar-refractivity contribution >= 4 is 0 Å². The topological polar surface area (TPSA) is 39.1 Å². The molecule has 19 heavy (non-hydrogen) atoms. The number of alkyl halides is 3. The Kier molecular flexibility index (Phi) is 4.46. The summed E-state index contributed by atoms with van der Waals surface area (Å²) in [5.41, 5.74) is 1.99. The van der Waals surface area contributed by atoms with Crippen molar-refractivity contribution < 1.29 is 17.9 Å². The molecule has 1 saturated carbocycles. The summed E-state index contributed by atoms with van der Waals surface area (Å²) in [5.74, 6) is 0. The highest BCUT2D eigenvalue weighted by Gasteiger charge is 2.27. The minimum Gasteiger partial charge on any atom is -0.370 e. The molecule has 0 saturated heterocycles. The Morgan fingerprint density at radius 2 is 2.21 bits per heavy atom. The van der Waals surface area contributed by atoms with Crippen LogP contribution in [0.15, 0.2) is 6.20 Å². The molecule has 1 aliphatic rings. The van der Waals surface area contributed by atoms with E-state index in [-0.39, 0.29) is 6.61 Å². The standard InChI is InChI=1S/C12H18F3N3O/c1-9-10(6-16-11-2-3-11)7-18(17-9)4-5-19-8-12(13,14)15/h7,11,16H,2-6,8H2,1H3. The molecule has 1 heterocycles. The van der Waals surface area contributed by atoms with E-state index in [1.165, 1.54) is 12.8 Å². The van der Waals surface area contributed by atoms with Crippen molar-refractivity contribution in [2.24, 2.45) is 0 Å². The first kappa shape index (κ1) is 14.3. The van der Waals surface area contributed by atoms with E-state index >= 15 is 0 Å². The third-order valence-electron chi connectivity index (χ3n) is 2.94. The molecule has 0 aromatic carbocycles. The number of aryl methyl sites for hydroxylation is 1. The van der Waals surface area contributed by atoms with E-state index in [0.717, 1.165) is 17.8 Å². The van der Waals surface area contributed by atoms with Crippen LogP contribution < -0.4 is 5.32 Å². The Hall–Kier alpha value is -1.08. The molecule has 7 heteroatoms. The number of hydrogen-bond donors (Lipinski definition) is 1. The maximum Gasteiger partial charge on any atom is 0.411 e. The molecule has 1 aromatic rings. The van der Waals surface area contributed by atoms with Gasteiger partial charge in [-0.1, -0.05) is 0 Å². The average molecular weight is 277 g/mol. The number of halogens is 3. The molecule has 0 radical (unpaired) electrons. The number of aromatic nitrogens is 2. The lowest BCUT2D eigenvalue weighted by Crippen LogP contribution is -2.19. The number of nitrogens with zero attached hydrogens (tertiary/aromatic N) is 2. The maximum absolute atomic E-state index is 11.9. The lowest BCUT2D eigenvalue weighted by atomic mass is 10.2. The van der Waals surface area contributed by atoms with Gasteiger partial charge in [0.05, 0.1) is 18.8 Å². The van der Waals surface area contributed by atoms with Crippen molar-refractivity contribution in [3.8, 4) is 0 Å². The van der Waals surface area contributed by atoms with Crippen LogP contribution in [0.4, 0.5) is 13.2 Å². The van der Waals surface area contributed by atoms with Crippen LogP contribution in [0.25, 0.3) is 0 Å². The van der Waals surface area contributed by atoms with Crippen molar-refractivity contribution in [3.05, 3.63) is 17.5 Å². The minimum atomic E-state index is -4.26. The highest BCUT2D eigenvalue weighted by atomic mass is 19.4. The lowest BCUT2D eigenvalue weighted by molar-refractivity contribution is -0.174. The second kappa shape index (κ2) is 5.92. The predicted molar refractivity (Wildman–Crippen MR) is 63.7 cm³/mol. The highest BCUT2D eigenvalue weighted by Crippen LogP contribution is 2.19. The average Bonchev–Trinajstić information content (AvgIpc) is 3.06. The number of nitrogens with one attached hydrogen (secondary N) is 1. The van der Waals surface area contributed by atoms with E-state index < -0.39 is 12.8 Å². The molecule has 0 unspecified atom stereocenters. The molecule has 108 valence electrons. The van der Waals surface area contributed by atoms with Crippen molar-refractivity contribution in [1.82, 2.24) is 15.1 Å². The zero-order valence-corrected chi connectivity index (χ0v) is 10.8. The van der Waals surface area contributed by atoms with Crippen LogP contribution in [0, 0.1) is 6.92 Å². The van der Waals surface area contributed by atoms with E-state index in [0.29, 0.717) is 12.6 Å². The number of hydrogen-bond acceptors (Lipinski definition) is 3. The van der Waals surface area contributed by atoms with Gasteiger partial charge < -0.3 is 10.1 Å². The van der Waals surface area contributed by atoms with Crippen LogP contribution in [0.2, 0.25) is 0 Å². The van der Waals surface area contributed by atoms with Crippen LogP contribution in [0.5, 0.6) is 0 Å². The lowest BCUT2D eigenvalue weighted by Gasteiger charge is -2.07. The van der Waals surface area contributed by atoms with E-state index in [9.17, 15) is 13.2 Å². The SMILES string of the molecule is Cc1nn(CCOCC(F)(F)F)cc1CNC1CC1. The number of rotatable bonds is 7. The van der Waals surface area contributed by atoms with Gasteiger partial charge in [0.2, 0.25) is 0 Å².